The molecule has 0 fully saturated rings. The number of aromatic nitrogens is 3. The fourth-order valence-electron chi connectivity index (χ4n) is 0.774. The molecule has 0 aliphatic rings. The topological polar surface area (TPSA) is 44.8 Å². The van der Waals surface area contributed by atoms with E-state index in [1.807, 2.05) is 11.9 Å². The van der Waals surface area contributed by atoms with E-state index in [1.54, 1.807) is 0 Å². The second kappa shape index (κ2) is 3.74. The molecule has 1 N–H and O–H groups in total. The summed E-state index contributed by atoms with van der Waals surface area (Å²) in [6.45, 7) is 1.34. The van der Waals surface area contributed by atoms with Gasteiger partial charge in [0.1, 0.15) is 12.2 Å². The lowest BCUT2D eigenvalue weighted by Crippen LogP contribution is -2.18. The molecule has 0 spiro atoms. The first-order valence-electron chi connectivity index (χ1n) is 3.29. The van der Waals surface area contributed by atoms with Gasteiger partial charge in [-0.1, -0.05) is 5.92 Å². The zero-order chi connectivity index (χ0) is 8.10. The van der Waals surface area contributed by atoms with Gasteiger partial charge in [-0.15, -0.1) is 6.42 Å². The zero-order valence-corrected chi connectivity index (χ0v) is 6.41. The van der Waals surface area contributed by atoms with Gasteiger partial charge in [-0.2, -0.15) is 5.10 Å². The average Bonchev–Trinajstić information content (AvgIpc) is 2.40. The van der Waals surface area contributed by atoms with E-state index in [4.69, 9.17) is 6.42 Å². The van der Waals surface area contributed by atoms with Crippen molar-refractivity contribution in [1.82, 2.24) is 20.1 Å². The maximum Gasteiger partial charge on any atom is 0.138 e. The molecular formula is C7H10N4. The lowest BCUT2D eigenvalue weighted by Gasteiger charge is -2.09. The molecule has 1 aromatic heterocycles. The zero-order valence-electron chi connectivity index (χ0n) is 6.41. The summed E-state index contributed by atoms with van der Waals surface area (Å²) >= 11 is 0. The van der Waals surface area contributed by atoms with E-state index in [2.05, 4.69) is 21.1 Å². The van der Waals surface area contributed by atoms with Crippen molar-refractivity contribution in [1.29, 1.82) is 0 Å². The fourth-order valence-corrected chi connectivity index (χ4v) is 0.774. The minimum atomic E-state index is 0.626. The first kappa shape index (κ1) is 7.76. The Kier molecular flexibility index (Phi) is 2.64. The van der Waals surface area contributed by atoms with Crippen molar-refractivity contribution in [2.24, 2.45) is 0 Å². The third kappa shape index (κ3) is 2.40. The molecule has 0 aliphatic carbocycles. The van der Waals surface area contributed by atoms with Crippen LogP contribution in [0.2, 0.25) is 0 Å². The van der Waals surface area contributed by atoms with Crippen LogP contribution in [0.25, 0.3) is 0 Å². The van der Waals surface area contributed by atoms with Crippen LogP contribution < -0.4 is 0 Å². The monoisotopic (exact) mass is 150 g/mol. The second-order valence-electron chi connectivity index (χ2n) is 2.31. The van der Waals surface area contributed by atoms with Crippen LogP contribution in [-0.2, 0) is 6.54 Å². The predicted octanol–water partition coefficient (Wildman–Crippen LogP) is -0.130. The summed E-state index contributed by atoms with van der Waals surface area (Å²) in [6, 6.07) is 0. The van der Waals surface area contributed by atoms with Gasteiger partial charge >= 0.3 is 0 Å². The van der Waals surface area contributed by atoms with Crippen molar-refractivity contribution in [2.45, 2.75) is 6.54 Å². The smallest absolute Gasteiger partial charge is 0.138 e. The molecular weight excluding hydrogens is 140 g/mol. The Morgan fingerprint density at radius 3 is 3.18 bits per heavy atom. The largest absolute Gasteiger partial charge is 0.288 e. The number of hydrogen-bond acceptors (Lipinski definition) is 3. The Morgan fingerprint density at radius 1 is 1.82 bits per heavy atom. The minimum Gasteiger partial charge on any atom is -0.288 e. The Labute approximate surface area is 65.6 Å². The number of H-pyrrole nitrogens is 1. The van der Waals surface area contributed by atoms with E-state index in [0.717, 1.165) is 5.82 Å². The molecule has 0 amide bonds. The first-order chi connectivity index (χ1) is 5.33. The van der Waals surface area contributed by atoms with Crippen LogP contribution in [0.4, 0.5) is 0 Å². The maximum absolute atomic E-state index is 5.12. The van der Waals surface area contributed by atoms with Gasteiger partial charge in [-0.25, -0.2) is 4.98 Å². The fraction of sp³-hybridized carbons (Fsp3) is 0.429. The molecule has 0 saturated carbocycles. The molecule has 4 heteroatoms. The highest BCUT2D eigenvalue weighted by molar-refractivity contribution is 4.89. The molecule has 0 radical (unpaired) electrons. The highest BCUT2D eigenvalue weighted by atomic mass is 15.2. The molecule has 11 heavy (non-hydrogen) atoms. The van der Waals surface area contributed by atoms with Crippen LogP contribution in [-0.4, -0.2) is 33.7 Å². The lowest BCUT2D eigenvalue weighted by atomic mass is 10.5. The van der Waals surface area contributed by atoms with Crippen LogP contribution in [0.5, 0.6) is 0 Å². The third-order valence-electron chi connectivity index (χ3n) is 1.25. The summed E-state index contributed by atoms with van der Waals surface area (Å²) in [4.78, 5) is 5.93. The molecule has 1 heterocycles. The second-order valence-corrected chi connectivity index (χ2v) is 2.31. The Hall–Kier alpha value is -1.34. The van der Waals surface area contributed by atoms with Crippen molar-refractivity contribution in [2.75, 3.05) is 13.6 Å². The van der Waals surface area contributed by atoms with E-state index >= 15 is 0 Å². The van der Waals surface area contributed by atoms with Gasteiger partial charge in [-0.05, 0) is 7.05 Å². The molecule has 0 atom stereocenters. The molecule has 0 unspecified atom stereocenters. The van der Waals surface area contributed by atoms with Crippen molar-refractivity contribution in [3.05, 3.63) is 12.2 Å². The molecule has 58 valence electrons. The van der Waals surface area contributed by atoms with Crippen LogP contribution in [0.3, 0.4) is 0 Å². The highest BCUT2D eigenvalue weighted by Gasteiger charge is 1.99. The van der Waals surface area contributed by atoms with Gasteiger partial charge in [0.15, 0.2) is 0 Å². The Balaban J connectivity index is 2.38. The summed E-state index contributed by atoms with van der Waals surface area (Å²) < 4.78 is 0. The van der Waals surface area contributed by atoms with Gasteiger partial charge < -0.3 is 0 Å². The summed E-state index contributed by atoms with van der Waals surface area (Å²) in [7, 11) is 1.93. The summed E-state index contributed by atoms with van der Waals surface area (Å²) in [5.41, 5.74) is 0. The third-order valence-corrected chi connectivity index (χ3v) is 1.25. The van der Waals surface area contributed by atoms with Crippen LogP contribution in [0.15, 0.2) is 6.33 Å². The summed E-state index contributed by atoms with van der Waals surface area (Å²) in [5, 5.41) is 6.48. The molecule has 1 aromatic rings. The number of nitrogens with zero attached hydrogens (tertiary/aromatic N) is 3. The summed E-state index contributed by atoms with van der Waals surface area (Å²) in [6.07, 6.45) is 6.61. The van der Waals surface area contributed by atoms with E-state index in [9.17, 15) is 0 Å². The van der Waals surface area contributed by atoms with Crippen molar-refractivity contribution in [3.8, 4) is 12.3 Å². The van der Waals surface area contributed by atoms with E-state index in [-0.39, 0.29) is 0 Å². The average molecular weight is 150 g/mol. The molecule has 0 bridgehead atoms. The highest BCUT2D eigenvalue weighted by Crippen LogP contribution is 1.91. The van der Waals surface area contributed by atoms with Crippen molar-refractivity contribution < 1.29 is 0 Å². The molecule has 0 saturated heterocycles. The molecule has 4 nitrogen and oxygen atoms in total. The number of rotatable bonds is 3. The van der Waals surface area contributed by atoms with Crippen molar-refractivity contribution in [3.63, 3.8) is 0 Å². The van der Waals surface area contributed by atoms with E-state index < -0.39 is 0 Å². The Morgan fingerprint density at radius 2 is 2.64 bits per heavy atom. The van der Waals surface area contributed by atoms with Gasteiger partial charge in [0.25, 0.3) is 0 Å². The van der Waals surface area contributed by atoms with Crippen LogP contribution in [0, 0.1) is 12.3 Å². The quantitative estimate of drug-likeness (QED) is 0.610. The van der Waals surface area contributed by atoms with Gasteiger partial charge in [-0.3, -0.25) is 10.00 Å². The number of hydrogen-bond donors (Lipinski definition) is 1. The predicted molar refractivity (Wildman–Crippen MR) is 41.5 cm³/mol. The van der Waals surface area contributed by atoms with Gasteiger partial charge in [0.05, 0.1) is 13.1 Å². The molecule has 1 rings (SSSR count). The normalized spacial score (nSPS) is 9.91. The number of terminal acetylenes is 1. The minimum absolute atomic E-state index is 0.626. The first-order valence-corrected chi connectivity index (χ1v) is 3.29. The number of aromatic amines is 1. The van der Waals surface area contributed by atoms with E-state index in [0.29, 0.717) is 13.1 Å². The lowest BCUT2D eigenvalue weighted by molar-refractivity contribution is 0.359. The molecule has 0 aromatic carbocycles. The Bertz CT molecular complexity index is 233. The van der Waals surface area contributed by atoms with Crippen LogP contribution >= 0.6 is 0 Å². The number of nitrogens with one attached hydrogen (secondary N) is 1. The summed E-state index contributed by atoms with van der Waals surface area (Å²) in [5.74, 6) is 3.38. The van der Waals surface area contributed by atoms with Gasteiger partial charge in [0, 0.05) is 0 Å². The van der Waals surface area contributed by atoms with E-state index in [1.165, 1.54) is 6.33 Å². The van der Waals surface area contributed by atoms with Crippen molar-refractivity contribution >= 4 is 0 Å². The maximum atomic E-state index is 5.12. The molecule has 0 aliphatic heterocycles. The SMILES string of the molecule is C#CCN(C)Cc1ncn[nH]1. The van der Waals surface area contributed by atoms with Crippen LogP contribution in [0.1, 0.15) is 5.82 Å². The van der Waals surface area contributed by atoms with Gasteiger partial charge in [0.2, 0.25) is 0 Å². The standard InChI is InChI=1S/C7H10N4/c1-3-4-11(2)5-7-8-6-9-10-7/h1,6H,4-5H2,2H3,(H,8,9,10).